The number of aryl methyl sites for hydroxylation is 2. The van der Waals surface area contributed by atoms with Crippen molar-refractivity contribution in [3.05, 3.63) is 59.2 Å². The minimum Gasteiger partial charge on any atom is -0.478 e. The quantitative estimate of drug-likeness (QED) is 0.792. The maximum absolute atomic E-state index is 11.9. The number of benzene rings is 2. The number of hydrogen-bond acceptors (Lipinski definition) is 3. The summed E-state index contributed by atoms with van der Waals surface area (Å²) < 4.78 is 0. The van der Waals surface area contributed by atoms with Crippen molar-refractivity contribution in [3.8, 4) is 0 Å². The van der Waals surface area contributed by atoms with Crippen molar-refractivity contribution in [3.63, 3.8) is 0 Å². The van der Waals surface area contributed by atoms with Crippen molar-refractivity contribution < 1.29 is 14.7 Å². The zero-order valence-electron chi connectivity index (χ0n) is 12.5. The molecular weight excluding hydrogens is 280 g/mol. The second-order valence-corrected chi connectivity index (χ2v) is 5.10. The number of hydrogen-bond donors (Lipinski definition) is 3. The highest BCUT2D eigenvalue weighted by Gasteiger charge is 2.06. The number of amides is 1. The zero-order valence-corrected chi connectivity index (χ0v) is 12.5. The molecule has 0 bridgehead atoms. The molecule has 2 aromatic carbocycles. The van der Waals surface area contributed by atoms with Gasteiger partial charge in [0.2, 0.25) is 5.91 Å². The molecule has 1 amide bonds. The van der Waals surface area contributed by atoms with Crippen molar-refractivity contribution in [2.75, 3.05) is 17.2 Å². The SMILES string of the molecule is Cc1ccc(NCC(=O)Nc2ccc(C(=O)O)cc2)c(C)c1. The maximum atomic E-state index is 11.9. The van der Waals surface area contributed by atoms with Crippen LogP contribution < -0.4 is 10.6 Å². The first kappa shape index (κ1) is 15.6. The van der Waals surface area contributed by atoms with Crippen molar-refractivity contribution in [2.45, 2.75) is 13.8 Å². The molecule has 0 aliphatic rings. The van der Waals surface area contributed by atoms with Crippen LogP contribution in [0, 0.1) is 13.8 Å². The molecule has 5 nitrogen and oxygen atoms in total. The van der Waals surface area contributed by atoms with Gasteiger partial charge in [0.25, 0.3) is 0 Å². The molecule has 0 fully saturated rings. The minimum absolute atomic E-state index is 0.143. The Labute approximate surface area is 129 Å². The fourth-order valence-corrected chi connectivity index (χ4v) is 2.09. The highest BCUT2D eigenvalue weighted by molar-refractivity contribution is 5.94. The van der Waals surface area contributed by atoms with Gasteiger partial charge in [0, 0.05) is 11.4 Å². The maximum Gasteiger partial charge on any atom is 0.335 e. The van der Waals surface area contributed by atoms with Gasteiger partial charge < -0.3 is 15.7 Å². The smallest absolute Gasteiger partial charge is 0.335 e. The van der Waals surface area contributed by atoms with Gasteiger partial charge in [-0.15, -0.1) is 0 Å². The molecule has 0 aromatic heterocycles. The summed E-state index contributed by atoms with van der Waals surface area (Å²) in [5.74, 6) is -1.18. The van der Waals surface area contributed by atoms with E-state index < -0.39 is 5.97 Å². The molecule has 0 spiro atoms. The Kier molecular flexibility index (Phi) is 4.78. The zero-order chi connectivity index (χ0) is 16.1. The molecule has 114 valence electrons. The fourth-order valence-electron chi connectivity index (χ4n) is 2.09. The summed E-state index contributed by atoms with van der Waals surface area (Å²) in [7, 11) is 0. The van der Waals surface area contributed by atoms with Crippen LogP contribution in [-0.2, 0) is 4.79 Å². The summed E-state index contributed by atoms with van der Waals surface area (Å²) in [5.41, 5.74) is 3.93. The van der Waals surface area contributed by atoms with Crippen molar-refractivity contribution in [1.29, 1.82) is 0 Å². The molecule has 22 heavy (non-hydrogen) atoms. The first-order valence-electron chi connectivity index (χ1n) is 6.90. The number of carboxylic acid groups (broad SMARTS) is 1. The molecule has 0 radical (unpaired) electrons. The van der Waals surface area contributed by atoms with Crippen LogP contribution >= 0.6 is 0 Å². The number of nitrogens with one attached hydrogen (secondary N) is 2. The molecule has 0 heterocycles. The van der Waals surface area contributed by atoms with E-state index >= 15 is 0 Å². The van der Waals surface area contributed by atoms with E-state index in [4.69, 9.17) is 5.11 Å². The van der Waals surface area contributed by atoms with E-state index in [1.165, 1.54) is 17.7 Å². The van der Waals surface area contributed by atoms with Gasteiger partial charge in [-0.25, -0.2) is 4.79 Å². The van der Waals surface area contributed by atoms with Crippen LogP contribution in [-0.4, -0.2) is 23.5 Å². The van der Waals surface area contributed by atoms with E-state index in [1.54, 1.807) is 12.1 Å². The highest BCUT2D eigenvalue weighted by atomic mass is 16.4. The normalized spacial score (nSPS) is 10.1. The standard InChI is InChI=1S/C17H18N2O3/c1-11-3-8-15(12(2)9-11)18-10-16(20)19-14-6-4-13(5-7-14)17(21)22/h3-9,18H,10H2,1-2H3,(H,19,20)(H,21,22). The van der Waals surface area contributed by atoms with Gasteiger partial charge in [0.05, 0.1) is 12.1 Å². The van der Waals surface area contributed by atoms with Crippen LogP contribution in [0.15, 0.2) is 42.5 Å². The van der Waals surface area contributed by atoms with Crippen LogP contribution in [0.5, 0.6) is 0 Å². The summed E-state index contributed by atoms with van der Waals surface area (Å²) in [5, 5.41) is 14.6. The first-order chi connectivity index (χ1) is 10.5. The Morgan fingerprint density at radius 1 is 1.05 bits per heavy atom. The molecule has 0 unspecified atom stereocenters. The molecule has 2 rings (SSSR count). The second kappa shape index (κ2) is 6.76. The summed E-state index contributed by atoms with van der Waals surface area (Å²) in [6, 6.07) is 12.0. The molecular formula is C17H18N2O3. The Balaban J connectivity index is 1.91. The third-order valence-electron chi connectivity index (χ3n) is 3.24. The average molecular weight is 298 g/mol. The van der Waals surface area contributed by atoms with Gasteiger partial charge in [-0.1, -0.05) is 17.7 Å². The number of rotatable bonds is 5. The van der Waals surface area contributed by atoms with Gasteiger partial charge in [0.1, 0.15) is 0 Å². The van der Waals surface area contributed by atoms with Crippen LogP contribution in [0.4, 0.5) is 11.4 Å². The van der Waals surface area contributed by atoms with Gasteiger partial charge in [0.15, 0.2) is 0 Å². The monoisotopic (exact) mass is 298 g/mol. The fraction of sp³-hybridized carbons (Fsp3) is 0.176. The lowest BCUT2D eigenvalue weighted by Crippen LogP contribution is -2.22. The van der Waals surface area contributed by atoms with E-state index in [-0.39, 0.29) is 18.0 Å². The van der Waals surface area contributed by atoms with E-state index in [2.05, 4.69) is 10.6 Å². The third kappa shape index (κ3) is 4.09. The molecule has 0 saturated carbocycles. The van der Waals surface area contributed by atoms with E-state index in [0.717, 1.165) is 11.3 Å². The number of carboxylic acids is 1. The predicted octanol–water partition coefficient (Wildman–Crippen LogP) is 3.05. The van der Waals surface area contributed by atoms with Crippen LogP contribution in [0.1, 0.15) is 21.5 Å². The lowest BCUT2D eigenvalue weighted by atomic mass is 10.1. The van der Waals surface area contributed by atoms with E-state index in [0.29, 0.717) is 5.69 Å². The summed E-state index contributed by atoms with van der Waals surface area (Å²) in [6.45, 7) is 4.15. The van der Waals surface area contributed by atoms with Gasteiger partial charge in [-0.3, -0.25) is 4.79 Å². The number of aromatic carboxylic acids is 1. The Morgan fingerprint density at radius 2 is 1.73 bits per heavy atom. The van der Waals surface area contributed by atoms with Gasteiger partial charge in [-0.05, 0) is 49.7 Å². The Hall–Kier alpha value is -2.82. The first-order valence-corrected chi connectivity index (χ1v) is 6.90. The number of carbonyl (C=O) groups excluding carboxylic acids is 1. The molecule has 0 aliphatic carbocycles. The van der Waals surface area contributed by atoms with Crippen molar-refractivity contribution >= 4 is 23.3 Å². The van der Waals surface area contributed by atoms with Crippen LogP contribution in [0.2, 0.25) is 0 Å². The summed E-state index contributed by atoms with van der Waals surface area (Å²) >= 11 is 0. The lowest BCUT2D eigenvalue weighted by Gasteiger charge is -2.10. The Morgan fingerprint density at radius 3 is 2.32 bits per heavy atom. The predicted molar refractivity (Wildman–Crippen MR) is 86.4 cm³/mol. The van der Waals surface area contributed by atoms with Crippen molar-refractivity contribution in [1.82, 2.24) is 0 Å². The van der Waals surface area contributed by atoms with Gasteiger partial charge >= 0.3 is 5.97 Å². The molecule has 3 N–H and O–H groups in total. The topological polar surface area (TPSA) is 78.4 Å². The van der Waals surface area contributed by atoms with Crippen LogP contribution in [0.3, 0.4) is 0 Å². The molecule has 0 saturated heterocycles. The second-order valence-electron chi connectivity index (χ2n) is 5.10. The molecule has 0 aliphatic heterocycles. The van der Waals surface area contributed by atoms with Gasteiger partial charge in [-0.2, -0.15) is 0 Å². The van der Waals surface area contributed by atoms with Crippen LogP contribution in [0.25, 0.3) is 0 Å². The summed E-state index contributed by atoms with van der Waals surface area (Å²) in [4.78, 5) is 22.6. The molecule has 0 atom stereocenters. The minimum atomic E-state index is -0.991. The number of carbonyl (C=O) groups is 2. The average Bonchev–Trinajstić information content (AvgIpc) is 2.47. The largest absolute Gasteiger partial charge is 0.478 e. The lowest BCUT2D eigenvalue weighted by molar-refractivity contribution is -0.114. The number of anilines is 2. The highest BCUT2D eigenvalue weighted by Crippen LogP contribution is 2.15. The molecule has 2 aromatic rings. The van der Waals surface area contributed by atoms with E-state index in [1.807, 2.05) is 32.0 Å². The molecule has 5 heteroatoms. The third-order valence-corrected chi connectivity index (χ3v) is 3.24. The summed E-state index contributed by atoms with van der Waals surface area (Å²) in [6.07, 6.45) is 0. The van der Waals surface area contributed by atoms with Crippen molar-refractivity contribution in [2.24, 2.45) is 0 Å². The Bertz CT molecular complexity index is 694. The van der Waals surface area contributed by atoms with E-state index in [9.17, 15) is 9.59 Å².